The number of nitrogens with one attached hydrogen (secondary N) is 1. The van der Waals surface area contributed by atoms with Gasteiger partial charge in [0.25, 0.3) is 0 Å². The third-order valence-electron chi connectivity index (χ3n) is 2.02. The Hall–Kier alpha value is -1.10. The molecule has 0 aliphatic heterocycles. The zero-order valence-electron chi connectivity index (χ0n) is 10.2. The molecular weight excluding hydrogens is 284 g/mol. The van der Waals surface area contributed by atoms with Crippen LogP contribution >= 0.6 is 15.9 Å². The molecule has 0 aliphatic carbocycles. The number of halogens is 1. The summed E-state index contributed by atoms with van der Waals surface area (Å²) in [7, 11) is 0. The maximum atomic E-state index is 11.7. The van der Waals surface area contributed by atoms with Gasteiger partial charge in [-0.3, -0.25) is 4.79 Å². The second kappa shape index (κ2) is 6.59. The first-order valence-corrected chi connectivity index (χ1v) is 6.52. The van der Waals surface area contributed by atoms with E-state index in [0.29, 0.717) is 11.6 Å². The summed E-state index contributed by atoms with van der Waals surface area (Å²) in [5.41, 5.74) is 0.601. The molecule has 1 atom stereocenters. The molecule has 17 heavy (non-hydrogen) atoms. The van der Waals surface area contributed by atoms with Crippen LogP contribution in [-0.2, 0) is 4.79 Å². The van der Waals surface area contributed by atoms with Gasteiger partial charge in [0.15, 0.2) is 0 Å². The summed E-state index contributed by atoms with van der Waals surface area (Å²) in [5, 5.41) is 2.79. The molecule has 5 heteroatoms. The quantitative estimate of drug-likeness (QED) is 0.851. The van der Waals surface area contributed by atoms with E-state index in [0.717, 1.165) is 6.42 Å². The number of amides is 1. The minimum absolute atomic E-state index is 0.0199. The van der Waals surface area contributed by atoms with Gasteiger partial charge in [-0.05, 0) is 32.4 Å². The molecule has 1 rings (SSSR count). The van der Waals surface area contributed by atoms with Crippen molar-refractivity contribution >= 4 is 27.5 Å². The molecular formula is C12H17BrN2O2. The van der Waals surface area contributed by atoms with Crippen molar-refractivity contribution in [2.24, 2.45) is 0 Å². The van der Waals surface area contributed by atoms with E-state index in [9.17, 15) is 4.79 Å². The number of carbonyl (C=O) groups excluding carboxylic acids is 1. The monoisotopic (exact) mass is 300 g/mol. The first kappa shape index (κ1) is 14.0. The standard InChI is InChI=1S/C12H17BrN2O2/c1-4-9(13)11(16)15-10-6-5-7-14-12(10)17-8(2)3/h5-9H,4H2,1-3H3,(H,15,16). The van der Waals surface area contributed by atoms with Gasteiger partial charge in [-0.1, -0.05) is 22.9 Å². The molecule has 0 radical (unpaired) electrons. The first-order valence-electron chi connectivity index (χ1n) is 5.61. The molecule has 0 fully saturated rings. The average Bonchev–Trinajstić information content (AvgIpc) is 2.29. The summed E-state index contributed by atoms with van der Waals surface area (Å²) in [6, 6.07) is 3.54. The zero-order chi connectivity index (χ0) is 12.8. The molecule has 1 amide bonds. The SMILES string of the molecule is CCC(Br)C(=O)Nc1cccnc1OC(C)C. The molecule has 1 aromatic rings. The molecule has 0 saturated carbocycles. The fourth-order valence-electron chi connectivity index (χ4n) is 1.20. The van der Waals surface area contributed by atoms with Crippen molar-refractivity contribution in [3.63, 3.8) is 0 Å². The summed E-state index contributed by atoms with van der Waals surface area (Å²) < 4.78 is 5.52. The summed E-state index contributed by atoms with van der Waals surface area (Å²) >= 11 is 3.30. The van der Waals surface area contributed by atoms with Crippen LogP contribution in [0.5, 0.6) is 5.88 Å². The molecule has 94 valence electrons. The summed E-state index contributed by atoms with van der Waals surface area (Å²) in [6.45, 7) is 5.77. The van der Waals surface area contributed by atoms with E-state index >= 15 is 0 Å². The third-order valence-corrected chi connectivity index (χ3v) is 3.08. The Labute approximate surface area is 110 Å². The van der Waals surface area contributed by atoms with Crippen LogP contribution in [0.15, 0.2) is 18.3 Å². The summed E-state index contributed by atoms with van der Waals surface area (Å²) in [5.74, 6) is 0.362. The van der Waals surface area contributed by atoms with Crippen LogP contribution in [0.25, 0.3) is 0 Å². The highest BCUT2D eigenvalue weighted by molar-refractivity contribution is 9.10. The van der Waals surface area contributed by atoms with E-state index in [1.165, 1.54) is 0 Å². The lowest BCUT2D eigenvalue weighted by molar-refractivity contribution is -0.115. The van der Waals surface area contributed by atoms with Crippen molar-refractivity contribution in [3.8, 4) is 5.88 Å². The van der Waals surface area contributed by atoms with Gasteiger partial charge in [-0.2, -0.15) is 0 Å². The smallest absolute Gasteiger partial charge is 0.238 e. The molecule has 4 nitrogen and oxygen atoms in total. The fraction of sp³-hybridized carbons (Fsp3) is 0.500. The minimum Gasteiger partial charge on any atom is -0.473 e. The Kier molecular flexibility index (Phi) is 5.41. The van der Waals surface area contributed by atoms with E-state index in [4.69, 9.17) is 4.74 Å². The number of carbonyl (C=O) groups is 1. The molecule has 0 bridgehead atoms. The molecule has 0 aliphatic rings. The summed E-state index contributed by atoms with van der Waals surface area (Å²) in [4.78, 5) is 15.6. The van der Waals surface area contributed by atoms with Crippen LogP contribution < -0.4 is 10.1 Å². The highest BCUT2D eigenvalue weighted by Gasteiger charge is 2.15. The van der Waals surface area contributed by atoms with E-state index < -0.39 is 0 Å². The number of hydrogen-bond acceptors (Lipinski definition) is 3. The Morgan fingerprint density at radius 3 is 2.88 bits per heavy atom. The maximum absolute atomic E-state index is 11.7. The number of nitrogens with zero attached hydrogens (tertiary/aromatic N) is 1. The van der Waals surface area contributed by atoms with Crippen LogP contribution in [0.3, 0.4) is 0 Å². The van der Waals surface area contributed by atoms with E-state index in [2.05, 4.69) is 26.2 Å². The lowest BCUT2D eigenvalue weighted by Gasteiger charge is -2.14. The highest BCUT2D eigenvalue weighted by Crippen LogP contribution is 2.22. The molecule has 0 saturated heterocycles. The van der Waals surface area contributed by atoms with Crippen molar-refractivity contribution in [2.45, 2.75) is 38.1 Å². The summed E-state index contributed by atoms with van der Waals surface area (Å²) in [6.07, 6.45) is 2.39. The lowest BCUT2D eigenvalue weighted by Crippen LogP contribution is -2.23. The average molecular weight is 301 g/mol. The van der Waals surface area contributed by atoms with Crippen molar-refractivity contribution in [1.82, 2.24) is 4.98 Å². The second-order valence-corrected chi connectivity index (χ2v) is 4.99. The van der Waals surface area contributed by atoms with Gasteiger partial charge in [0.2, 0.25) is 11.8 Å². The number of hydrogen-bond donors (Lipinski definition) is 1. The van der Waals surface area contributed by atoms with Gasteiger partial charge in [0.1, 0.15) is 5.69 Å². The van der Waals surface area contributed by atoms with Gasteiger partial charge in [-0.25, -0.2) is 4.98 Å². The van der Waals surface area contributed by atoms with E-state index in [-0.39, 0.29) is 16.8 Å². The second-order valence-electron chi connectivity index (χ2n) is 3.89. The molecule has 1 unspecified atom stereocenters. The number of ether oxygens (including phenoxy) is 1. The van der Waals surface area contributed by atoms with Gasteiger partial charge >= 0.3 is 0 Å². The Bertz CT molecular complexity index is 383. The van der Waals surface area contributed by atoms with Crippen LogP contribution in [0, 0.1) is 0 Å². The predicted octanol–water partition coefficient (Wildman–Crippen LogP) is 2.98. The molecule has 0 spiro atoms. The Balaban J connectivity index is 2.79. The van der Waals surface area contributed by atoms with Crippen LogP contribution in [0.2, 0.25) is 0 Å². The molecule has 1 heterocycles. The van der Waals surface area contributed by atoms with E-state index in [1.807, 2.05) is 20.8 Å². The predicted molar refractivity (Wildman–Crippen MR) is 71.6 cm³/mol. The van der Waals surface area contributed by atoms with Crippen molar-refractivity contribution < 1.29 is 9.53 Å². The maximum Gasteiger partial charge on any atom is 0.238 e. The topological polar surface area (TPSA) is 51.2 Å². The van der Waals surface area contributed by atoms with Crippen LogP contribution in [0.4, 0.5) is 5.69 Å². The zero-order valence-corrected chi connectivity index (χ0v) is 11.8. The number of pyridine rings is 1. The number of anilines is 1. The van der Waals surface area contributed by atoms with Gasteiger partial charge in [-0.15, -0.1) is 0 Å². The highest BCUT2D eigenvalue weighted by atomic mass is 79.9. The largest absolute Gasteiger partial charge is 0.473 e. The molecule has 0 aromatic carbocycles. The Morgan fingerprint density at radius 2 is 2.29 bits per heavy atom. The van der Waals surface area contributed by atoms with Crippen molar-refractivity contribution in [1.29, 1.82) is 0 Å². The molecule has 1 N–H and O–H groups in total. The lowest BCUT2D eigenvalue weighted by atomic mass is 10.3. The Morgan fingerprint density at radius 1 is 1.59 bits per heavy atom. The first-order chi connectivity index (χ1) is 8.04. The van der Waals surface area contributed by atoms with Crippen LogP contribution in [-0.4, -0.2) is 21.8 Å². The van der Waals surface area contributed by atoms with Crippen molar-refractivity contribution in [3.05, 3.63) is 18.3 Å². The number of rotatable bonds is 5. The number of aromatic nitrogens is 1. The fourth-order valence-corrected chi connectivity index (χ4v) is 1.31. The van der Waals surface area contributed by atoms with Crippen molar-refractivity contribution in [2.75, 3.05) is 5.32 Å². The minimum atomic E-state index is -0.199. The normalized spacial score (nSPS) is 12.3. The number of alkyl halides is 1. The van der Waals surface area contributed by atoms with Gasteiger partial charge in [0.05, 0.1) is 10.9 Å². The van der Waals surface area contributed by atoms with Gasteiger partial charge in [0, 0.05) is 6.20 Å². The van der Waals surface area contributed by atoms with E-state index in [1.54, 1.807) is 18.3 Å². The molecule has 1 aromatic heterocycles. The van der Waals surface area contributed by atoms with Crippen LogP contribution in [0.1, 0.15) is 27.2 Å². The van der Waals surface area contributed by atoms with Gasteiger partial charge < -0.3 is 10.1 Å². The third kappa shape index (κ3) is 4.34.